The van der Waals surface area contributed by atoms with E-state index >= 15 is 0 Å². The summed E-state index contributed by atoms with van der Waals surface area (Å²) in [4.78, 5) is 24.1. The van der Waals surface area contributed by atoms with E-state index in [1.54, 1.807) is 0 Å². The molecule has 2 amide bonds. The van der Waals surface area contributed by atoms with Crippen LogP contribution in [0.4, 0.5) is 5.69 Å². The van der Waals surface area contributed by atoms with Gasteiger partial charge in [-0.05, 0) is 42.4 Å². The zero-order valence-corrected chi connectivity index (χ0v) is 15.5. The zero-order chi connectivity index (χ0) is 18.2. The Bertz CT molecular complexity index is 563. The summed E-state index contributed by atoms with van der Waals surface area (Å²) in [6.45, 7) is 7.56. The van der Waals surface area contributed by atoms with E-state index in [0.717, 1.165) is 25.1 Å². The van der Waals surface area contributed by atoms with Gasteiger partial charge in [-0.3, -0.25) is 9.59 Å². The number of nitrogens with one attached hydrogen (secondary N) is 2. The number of amides is 2. The van der Waals surface area contributed by atoms with Gasteiger partial charge in [-0.15, -0.1) is 0 Å². The lowest BCUT2D eigenvalue weighted by Gasteiger charge is -2.14. The molecule has 2 rings (SSSR count). The molecule has 1 fully saturated rings. The molecule has 0 bridgehead atoms. The van der Waals surface area contributed by atoms with Gasteiger partial charge in [0.15, 0.2) is 0 Å². The van der Waals surface area contributed by atoms with Gasteiger partial charge in [0, 0.05) is 31.7 Å². The lowest BCUT2D eigenvalue weighted by atomic mass is 10.0. The van der Waals surface area contributed by atoms with Gasteiger partial charge in [0.25, 0.3) is 0 Å². The van der Waals surface area contributed by atoms with Crippen LogP contribution in [0.5, 0.6) is 0 Å². The van der Waals surface area contributed by atoms with E-state index in [0.29, 0.717) is 25.3 Å². The summed E-state index contributed by atoms with van der Waals surface area (Å²) < 4.78 is 5.48. The SMILES string of the molecule is CC(C)c1ccc(NC(=O)C[C@@H](C)CC(=O)NC[C@@H]2CCCO2)cc1. The normalized spacial score (nSPS) is 18.2. The maximum Gasteiger partial charge on any atom is 0.224 e. The van der Waals surface area contributed by atoms with Crippen LogP contribution >= 0.6 is 0 Å². The van der Waals surface area contributed by atoms with Crippen LogP contribution in [0.15, 0.2) is 24.3 Å². The lowest BCUT2D eigenvalue weighted by Crippen LogP contribution is -2.33. The molecule has 1 aliphatic rings. The number of anilines is 1. The highest BCUT2D eigenvalue weighted by molar-refractivity contribution is 5.91. The van der Waals surface area contributed by atoms with Crippen LogP contribution in [0.2, 0.25) is 0 Å². The van der Waals surface area contributed by atoms with Crippen molar-refractivity contribution in [3.63, 3.8) is 0 Å². The molecule has 2 atom stereocenters. The third-order valence-electron chi connectivity index (χ3n) is 4.48. The van der Waals surface area contributed by atoms with Gasteiger partial charge in [0.05, 0.1) is 6.10 Å². The van der Waals surface area contributed by atoms with Crippen LogP contribution in [-0.4, -0.2) is 31.1 Å². The quantitative estimate of drug-likeness (QED) is 0.757. The number of benzene rings is 1. The topological polar surface area (TPSA) is 67.4 Å². The molecule has 1 aromatic rings. The van der Waals surface area contributed by atoms with E-state index in [1.165, 1.54) is 5.56 Å². The molecule has 5 nitrogen and oxygen atoms in total. The van der Waals surface area contributed by atoms with Gasteiger partial charge in [0.2, 0.25) is 11.8 Å². The second kappa shape index (κ2) is 9.56. The first kappa shape index (κ1) is 19.4. The van der Waals surface area contributed by atoms with Gasteiger partial charge in [-0.25, -0.2) is 0 Å². The van der Waals surface area contributed by atoms with Crippen LogP contribution in [0.1, 0.15) is 57.9 Å². The van der Waals surface area contributed by atoms with Crippen molar-refractivity contribution in [3.8, 4) is 0 Å². The van der Waals surface area contributed by atoms with Crippen molar-refractivity contribution in [2.24, 2.45) is 5.92 Å². The predicted molar refractivity (Wildman–Crippen MR) is 99.5 cm³/mol. The minimum absolute atomic E-state index is 0.000524. The molecule has 0 aliphatic carbocycles. The standard InChI is InChI=1S/C20H30N2O3/c1-14(2)16-6-8-17(9-7-16)22-20(24)12-15(3)11-19(23)21-13-18-5-4-10-25-18/h6-9,14-15,18H,4-5,10-13H2,1-3H3,(H,21,23)(H,22,24)/t15-,18-/m0/s1. The Morgan fingerprint density at radius 2 is 1.80 bits per heavy atom. The number of carbonyl (C=O) groups excluding carboxylic acids is 2. The number of ether oxygens (including phenoxy) is 1. The molecular formula is C20H30N2O3. The second-order valence-corrected chi connectivity index (χ2v) is 7.28. The second-order valence-electron chi connectivity index (χ2n) is 7.28. The summed E-state index contributed by atoms with van der Waals surface area (Å²) in [6, 6.07) is 7.91. The molecule has 138 valence electrons. The fraction of sp³-hybridized carbons (Fsp3) is 0.600. The van der Waals surface area contributed by atoms with Gasteiger partial charge in [0.1, 0.15) is 0 Å². The first-order chi connectivity index (χ1) is 11.9. The molecule has 25 heavy (non-hydrogen) atoms. The summed E-state index contributed by atoms with van der Waals surface area (Å²) in [5, 5.41) is 5.80. The predicted octanol–water partition coefficient (Wildman–Crippen LogP) is 3.46. The Hall–Kier alpha value is -1.88. The lowest BCUT2D eigenvalue weighted by molar-refractivity contribution is -0.122. The smallest absolute Gasteiger partial charge is 0.224 e. The molecule has 0 unspecified atom stereocenters. The molecule has 1 heterocycles. The molecule has 0 radical (unpaired) electrons. The maximum absolute atomic E-state index is 12.1. The Labute approximate surface area is 150 Å². The van der Waals surface area contributed by atoms with Gasteiger partial charge < -0.3 is 15.4 Å². The van der Waals surface area contributed by atoms with Crippen LogP contribution in [0.3, 0.4) is 0 Å². The summed E-state index contributed by atoms with van der Waals surface area (Å²) in [5.41, 5.74) is 2.04. The van der Waals surface area contributed by atoms with E-state index in [-0.39, 0.29) is 23.8 Å². The minimum atomic E-state index is -0.0586. The number of carbonyl (C=O) groups is 2. The fourth-order valence-corrected chi connectivity index (χ4v) is 2.97. The van der Waals surface area contributed by atoms with E-state index < -0.39 is 0 Å². The van der Waals surface area contributed by atoms with Crippen LogP contribution < -0.4 is 10.6 Å². The highest BCUT2D eigenvalue weighted by Gasteiger charge is 2.18. The van der Waals surface area contributed by atoms with Crippen molar-refractivity contribution in [1.82, 2.24) is 5.32 Å². The monoisotopic (exact) mass is 346 g/mol. The fourth-order valence-electron chi connectivity index (χ4n) is 2.97. The molecule has 5 heteroatoms. The Morgan fingerprint density at radius 3 is 2.40 bits per heavy atom. The average molecular weight is 346 g/mol. The number of hydrogen-bond acceptors (Lipinski definition) is 3. The van der Waals surface area contributed by atoms with Gasteiger partial charge >= 0.3 is 0 Å². The average Bonchev–Trinajstić information content (AvgIpc) is 3.06. The van der Waals surface area contributed by atoms with Crippen molar-refractivity contribution in [3.05, 3.63) is 29.8 Å². The molecule has 1 aromatic carbocycles. The van der Waals surface area contributed by atoms with E-state index in [9.17, 15) is 9.59 Å². The summed E-state index contributed by atoms with van der Waals surface area (Å²) in [6.07, 6.45) is 2.91. The van der Waals surface area contributed by atoms with E-state index in [2.05, 4.69) is 24.5 Å². The van der Waals surface area contributed by atoms with Crippen LogP contribution in [0.25, 0.3) is 0 Å². The van der Waals surface area contributed by atoms with E-state index in [1.807, 2.05) is 31.2 Å². The Morgan fingerprint density at radius 1 is 1.12 bits per heavy atom. The Kier molecular flexibility index (Phi) is 7.44. The highest BCUT2D eigenvalue weighted by atomic mass is 16.5. The van der Waals surface area contributed by atoms with Crippen molar-refractivity contribution in [1.29, 1.82) is 0 Å². The zero-order valence-electron chi connectivity index (χ0n) is 15.5. The van der Waals surface area contributed by atoms with E-state index in [4.69, 9.17) is 4.74 Å². The summed E-state index contributed by atoms with van der Waals surface area (Å²) >= 11 is 0. The molecular weight excluding hydrogens is 316 g/mol. The molecule has 0 spiro atoms. The van der Waals surface area contributed by atoms with Gasteiger partial charge in [-0.2, -0.15) is 0 Å². The minimum Gasteiger partial charge on any atom is -0.376 e. The van der Waals surface area contributed by atoms with Crippen molar-refractivity contribution >= 4 is 17.5 Å². The first-order valence-corrected chi connectivity index (χ1v) is 9.22. The van der Waals surface area contributed by atoms with Crippen LogP contribution in [0, 0.1) is 5.92 Å². The molecule has 2 N–H and O–H groups in total. The molecule has 0 aromatic heterocycles. The third kappa shape index (κ3) is 6.86. The number of hydrogen-bond donors (Lipinski definition) is 2. The highest BCUT2D eigenvalue weighted by Crippen LogP contribution is 2.18. The van der Waals surface area contributed by atoms with Crippen LogP contribution in [-0.2, 0) is 14.3 Å². The summed E-state index contributed by atoms with van der Waals surface area (Å²) in [7, 11) is 0. The van der Waals surface area contributed by atoms with Crippen molar-refractivity contribution in [2.45, 2.75) is 58.5 Å². The third-order valence-corrected chi connectivity index (χ3v) is 4.48. The Balaban J connectivity index is 1.68. The maximum atomic E-state index is 12.1. The first-order valence-electron chi connectivity index (χ1n) is 9.22. The van der Waals surface area contributed by atoms with Gasteiger partial charge in [-0.1, -0.05) is 32.9 Å². The molecule has 1 saturated heterocycles. The van der Waals surface area contributed by atoms with Crippen molar-refractivity contribution in [2.75, 3.05) is 18.5 Å². The molecule has 1 aliphatic heterocycles. The summed E-state index contributed by atoms with van der Waals surface area (Å²) in [5.74, 6) is 0.395. The van der Waals surface area contributed by atoms with Crippen molar-refractivity contribution < 1.29 is 14.3 Å². The number of rotatable bonds is 8. The largest absolute Gasteiger partial charge is 0.376 e. The molecule has 0 saturated carbocycles.